The van der Waals surface area contributed by atoms with Crippen molar-refractivity contribution < 1.29 is 13.2 Å². The highest BCUT2D eigenvalue weighted by molar-refractivity contribution is 9.10. The summed E-state index contributed by atoms with van der Waals surface area (Å²) in [5.74, 6) is 0.347. The average molecular weight is 354 g/mol. The summed E-state index contributed by atoms with van der Waals surface area (Å²) in [6.45, 7) is 0. The summed E-state index contributed by atoms with van der Waals surface area (Å²) < 4.78 is 29.5. The van der Waals surface area contributed by atoms with Crippen LogP contribution in [-0.2, 0) is 9.05 Å². The van der Waals surface area contributed by atoms with Crippen LogP contribution in [0.5, 0.6) is 5.75 Å². The predicted molar refractivity (Wildman–Crippen MR) is 74.7 cm³/mol. The first-order chi connectivity index (χ1) is 8.47. The minimum Gasteiger partial charge on any atom is -0.489 e. The van der Waals surface area contributed by atoms with Crippen LogP contribution < -0.4 is 4.74 Å². The Kier molecular flexibility index (Phi) is 4.56. The van der Waals surface area contributed by atoms with Gasteiger partial charge >= 0.3 is 0 Å². The highest BCUT2D eigenvalue weighted by atomic mass is 79.9. The topological polar surface area (TPSA) is 43.4 Å². The van der Waals surface area contributed by atoms with Crippen molar-refractivity contribution in [1.29, 1.82) is 0 Å². The molecule has 2 rings (SSSR count). The average Bonchev–Trinajstić information content (AvgIpc) is 2.31. The lowest BCUT2D eigenvalue weighted by Gasteiger charge is -2.23. The fourth-order valence-electron chi connectivity index (χ4n) is 2.13. The van der Waals surface area contributed by atoms with Gasteiger partial charge in [-0.05, 0) is 43.9 Å². The molecule has 1 fully saturated rings. The molecule has 18 heavy (non-hydrogen) atoms. The Morgan fingerprint density at radius 2 is 1.89 bits per heavy atom. The van der Waals surface area contributed by atoms with Crippen LogP contribution in [0.4, 0.5) is 0 Å². The van der Waals surface area contributed by atoms with Gasteiger partial charge in [0.25, 0.3) is 9.05 Å². The summed E-state index contributed by atoms with van der Waals surface area (Å²) >= 11 is 3.24. The van der Waals surface area contributed by atoms with Crippen molar-refractivity contribution in [2.45, 2.75) is 43.1 Å². The molecule has 0 N–H and O–H groups in total. The zero-order chi connectivity index (χ0) is 13.2. The Labute approximate surface area is 120 Å². The van der Waals surface area contributed by atoms with E-state index >= 15 is 0 Å². The molecular weight excluding hydrogens is 340 g/mol. The van der Waals surface area contributed by atoms with Gasteiger partial charge in [0, 0.05) is 15.2 Å². The standard InChI is InChI=1S/C12H14BrClO3S/c13-9-6-7-11(12(8-9)18(14,15)16)17-10-4-2-1-3-5-10/h6-8,10H,1-5H2. The van der Waals surface area contributed by atoms with Crippen molar-refractivity contribution in [3.63, 3.8) is 0 Å². The van der Waals surface area contributed by atoms with Crippen LogP contribution in [0, 0.1) is 0 Å². The first kappa shape index (κ1) is 14.2. The van der Waals surface area contributed by atoms with Crippen LogP contribution in [0.1, 0.15) is 32.1 Å². The molecule has 0 aliphatic heterocycles. The van der Waals surface area contributed by atoms with Crippen molar-refractivity contribution >= 4 is 35.7 Å². The second-order valence-corrected chi connectivity index (χ2v) is 7.86. The molecule has 0 amide bonds. The van der Waals surface area contributed by atoms with Gasteiger partial charge in [-0.15, -0.1) is 0 Å². The lowest BCUT2D eigenvalue weighted by atomic mass is 9.98. The molecule has 1 aromatic carbocycles. The summed E-state index contributed by atoms with van der Waals surface area (Å²) in [4.78, 5) is 0.0316. The molecule has 3 nitrogen and oxygen atoms in total. The fraction of sp³-hybridized carbons (Fsp3) is 0.500. The molecule has 100 valence electrons. The zero-order valence-corrected chi connectivity index (χ0v) is 12.9. The number of hydrogen-bond donors (Lipinski definition) is 0. The number of ether oxygens (including phenoxy) is 1. The Bertz CT molecular complexity index is 524. The van der Waals surface area contributed by atoms with Gasteiger partial charge in [0.05, 0.1) is 6.10 Å². The molecule has 6 heteroatoms. The van der Waals surface area contributed by atoms with Crippen molar-refractivity contribution in [2.75, 3.05) is 0 Å². The first-order valence-electron chi connectivity index (χ1n) is 5.88. The highest BCUT2D eigenvalue weighted by Crippen LogP contribution is 2.32. The molecular formula is C12H14BrClO3S. The van der Waals surface area contributed by atoms with Gasteiger partial charge in [-0.25, -0.2) is 8.42 Å². The van der Waals surface area contributed by atoms with Crippen LogP contribution in [0.2, 0.25) is 0 Å². The maximum Gasteiger partial charge on any atom is 0.265 e. The van der Waals surface area contributed by atoms with Crippen molar-refractivity contribution in [3.05, 3.63) is 22.7 Å². The van der Waals surface area contributed by atoms with Crippen molar-refractivity contribution in [2.24, 2.45) is 0 Å². The molecule has 0 saturated heterocycles. The Balaban J connectivity index is 2.26. The molecule has 0 heterocycles. The Morgan fingerprint density at radius 1 is 1.22 bits per heavy atom. The maximum absolute atomic E-state index is 11.5. The number of halogens is 2. The zero-order valence-electron chi connectivity index (χ0n) is 9.73. The minimum atomic E-state index is -3.79. The molecule has 1 aromatic rings. The third-order valence-corrected chi connectivity index (χ3v) is 4.85. The third-order valence-electron chi connectivity index (χ3n) is 3.01. The molecule has 0 spiro atoms. The first-order valence-corrected chi connectivity index (χ1v) is 8.98. The van der Waals surface area contributed by atoms with Gasteiger partial charge in [-0.2, -0.15) is 0 Å². The smallest absolute Gasteiger partial charge is 0.265 e. The van der Waals surface area contributed by atoms with E-state index in [2.05, 4.69) is 15.9 Å². The van der Waals surface area contributed by atoms with Crippen LogP contribution in [0.15, 0.2) is 27.6 Å². The monoisotopic (exact) mass is 352 g/mol. The fourth-order valence-corrected chi connectivity index (χ4v) is 3.63. The molecule has 0 atom stereocenters. The third kappa shape index (κ3) is 3.62. The van der Waals surface area contributed by atoms with Gasteiger partial charge in [-0.3, -0.25) is 0 Å². The summed E-state index contributed by atoms with van der Waals surface area (Å²) in [6.07, 6.45) is 5.52. The summed E-state index contributed by atoms with van der Waals surface area (Å²) in [7, 11) is 1.64. The highest BCUT2D eigenvalue weighted by Gasteiger charge is 2.21. The summed E-state index contributed by atoms with van der Waals surface area (Å²) in [6, 6.07) is 4.87. The van der Waals surface area contributed by atoms with Crippen LogP contribution >= 0.6 is 26.6 Å². The molecule has 1 aliphatic carbocycles. The molecule has 1 aliphatic rings. The largest absolute Gasteiger partial charge is 0.489 e. The van der Waals surface area contributed by atoms with Gasteiger partial charge in [0.1, 0.15) is 10.6 Å². The van der Waals surface area contributed by atoms with Crippen LogP contribution in [0.3, 0.4) is 0 Å². The van der Waals surface area contributed by atoms with E-state index in [-0.39, 0.29) is 11.0 Å². The van der Waals surface area contributed by atoms with Gasteiger partial charge < -0.3 is 4.74 Å². The number of hydrogen-bond acceptors (Lipinski definition) is 3. The summed E-state index contributed by atoms with van der Waals surface area (Å²) in [5.41, 5.74) is 0. The van der Waals surface area contributed by atoms with E-state index in [0.29, 0.717) is 10.2 Å². The molecule has 1 saturated carbocycles. The van der Waals surface area contributed by atoms with Crippen molar-refractivity contribution in [3.8, 4) is 5.75 Å². The van der Waals surface area contributed by atoms with Gasteiger partial charge in [0.15, 0.2) is 0 Å². The van der Waals surface area contributed by atoms with E-state index in [1.54, 1.807) is 12.1 Å². The number of rotatable bonds is 3. The SMILES string of the molecule is O=S(=O)(Cl)c1cc(Br)ccc1OC1CCCCC1. The van der Waals surface area contributed by atoms with E-state index < -0.39 is 9.05 Å². The Morgan fingerprint density at radius 3 is 2.50 bits per heavy atom. The Hall–Kier alpha value is -0.260. The lowest BCUT2D eigenvalue weighted by Crippen LogP contribution is -2.20. The summed E-state index contributed by atoms with van der Waals surface area (Å²) in [5, 5.41) is 0. The van der Waals surface area contributed by atoms with E-state index in [9.17, 15) is 8.42 Å². The molecule has 0 aromatic heterocycles. The van der Waals surface area contributed by atoms with E-state index in [1.165, 1.54) is 12.5 Å². The van der Waals surface area contributed by atoms with Gasteiger partial charge in [0.2, 0.25) is 0 Å². The van der Waals surface area contributed by atoms with Crippen molar-refractivity contribution in [1.82, 2.24) is 0 Å². The molecule has 0 unspecified atom stereocenters. The minimum absolute atomic E-state index is 0.0316. The molecule has 0 bridgehead atoms. The number of benzene rings is 1. The van der Waals surface area contributed by atoms with Crippen LogP contribution in [-0.4, -0.2) is 14.5 Å². The normalized spacial score (nSPS) is 17.7. The lowest BCUT2D eigenvalue weighted by molar-refractivity contribution is 0.151. The molecule has 0 radical (unpaired) electrons. The van der Waals surface area contributed by atoms with E-state index in [1.807, 2.05) is 0 Å². The second-order valence-electron chi connectivity index (χ2n) is 4.41. The van der Waals surface area contributed by atoms with E-state index in [4.69, 9.17) is 15.4 Å². The van der Waals surface area contributed by atoms with Crippen LogP contribution in [0.25, 0.3) is 0 Å². The predicted octanol–water partition coefficient (Wildman–Crippen LogP) is 4.09. The second kappa shape index (κ2) is 5.80. The quantitative estimate of drug-likeness (QED) is 0.769. The van der Waals surface area contributed by atoms with E-state index in [0.717, 1.165) is 25.7 Å². The maximum atomic E-state index is 11.5. The van der Waals surface area contributed by atoms with Gasteiger partial charge in [-0.1, -0.05) is 22.4 Å².